The highest BCUT2D eigenvalue weighted by Crippen LogP contribution is 2.57. The maximum Gasteiger partial charge on any atom is 0.327 e. The zero-order chi connectivity index (χ0) is 31.9. The molecule has 43 heavy (non-hydrogen) atoms. The number of hydrogen-bond acceptors (Lipinski definition) is 15. The lowest BCUT2D eigenvalue weighted by molar-refractivity contribution is -0.149. The molecule has 0 saturated carbocycles. The Hall–Kier alpha value is -3.06. The molecule has 2 aromatic rings. The lowest BCUT2D eigenvalue weighted by atomic mass is 9.96. The molecule has 2 aliphatic heterocycles. The Morgan fingerprint density at radius 3 is 2.65 bits per heavy atom. The van der Waals surface area contributed by atoms with E-state index in [1.54, 1.807) is 13.8 Å². The summed E-state index contributed by atoms with van der Waals surface area (Å²) in [6.45, 7) is 1.49. The van der Waals surface area contributed by atoms with Gasteiger partial charge in [0.25, 0.3) is 5.91 Å². The van der Waals surface area contributed by atoms with E-state index < -0.39 is 73.5 Å². The molecule has 6 N–H and O–H groups in total. The van der Waals surface area contributed by atoms with Crippen molar-refractivity contribution in [3.63, 3.8) is 0 Å². The standard InChI is InChI=1S/C23H35N8O10PS/c1-10(2)40-19(34)11(3)29-42(37,43-8-12-18(33)30(5)22(35)26-12)39-7-13-15(32)23(4,36)20(41-13)31-9-25-14-16(31)27-21(24)28-17(14)38-6/h9-13,15,20,32,36H,7-8H2,1-6H3,(H,26,35)(H,29,37)(H2,24,27,28)/t11-,12-,13+,15+,20+,23+,42?/m0/s1. The van der Waals surface area contributed by atoms with Crippen LogP contribution in [0, 0.1) is 0 Å². The summed E-state index contributed by atoms with van der Waals surface area (Å²) in [4.78, 5) is 49.9. The number of nitrogens with zero attached hydrogens (tertiary/aromatic N) is 5. The smallest absolute Gasteiger partial charge is 0.327 e. The molecular weight excluding hydrogens is 611 g/mol. The Morgan fingerprint density at radius 2 is 2.05 bits per heavy atom. The lowest BCUT2D eigenvalue weighted by Crippen LogP contribution is -2.44. The van der Waals surface area contributed by atoms with Crippen LogP contribution in [0.25, 0.3) is 11.2 Å². The van der Waals surface area contributed by atoms with E-state index >= 15 is 0 Å². The number of imide groups is 1. The van der Waals surface area contributed by atoms with Gasteiger partial charge in [0.1, 0.15) is 29.9 Å². The predicted molar refractivity (Wildman–Crippen MR) is 152 cm³/mol. The topological polar surface area (TPSA) is 243 Å². The summed E-state index contributed by atoms with van der Waals surface area (Å²) in [5, 5.41) is 27.4. The minimum atomic E-state index is -4.05. The molecule has 2 aromatic heterocycles. The van der Waals surface area contributed by atoms with Gasteiger partial charge in [-0.1, -0.05) is 11.4 Å². The SMILES string of the molecule is COc1nc(N)nc2c1ncn2[C@@H]1O[C@H](COP(=O)(N[C@@H](C)C(=O)OC(C)C)SC[C@@H]2NC(=O)N(C)C2=O)[C@@H](O)[C@@]1(C)O. The lowest BCUT2D eigenvalue weighted by Gasteiger charge is -2.27. The summed E-state index contributed by atoms with van der Waals surface area (Å²) in [5.41, 5.74) is 4.27. The Balaban J connectivity index is 1.53. The van der Waals surface area contributed by atoms with Crippen LogP contribution in [0.1, 0.15) is 33.9 Å². The first-order valence-electron chi connectivity index (χ1n) is 13.1. The molecule has 0 spiro atoms. The van der Waals surface area contributed by atoms with Gasteiger partial charge in [0.2, 0.25) is 11.8 Å². The molecule has 2 fully saturated rings. The fourth-order valence-electron chi connectivity index (χ4n) is 4.43. The van der Waals surface area contributed by atoms with Crippen LogP contribution in [0.4, 0.5) is 10.7 Å². The summed E-state index contributed by atoms with van der Waals surface area (Å²) in [7, 11) is 2.68. The molecule has 2 aliphatic rings. The fraction of sp³-hybridized carbons (Fsp3) is 0.652. The van der Waals surface area contributed by atoms with Gasteiger partial charge < -0.3 is 40.0 Å². The van der Waals surface area contributed by atoms with E-state index in [0.717, 1.165) is 4.90 Å². The van der Waals surface area contributed by atoms with Crippen LogP contribution in [0.5, 0.6) is 5.88 Å². The number of carbonyl (C=O) groups is 3. The Bertz CT molecular complexity index is 1440. The number of nitrogens with two attached hydrogens (primary N) is 1. The average Bonchev–Trinajstić information content (AvgIpc) is 3.53. The monoisotopic (exact) mass is 646 g/mol. The van der Waals surface area contributed by atoms with E-state index in [2.05, 4.69) is 25.4 Å². The summed E-state index contributed by atoms with van der Waals surface area (Å²) in [6, 6.07) is -2.70. The van der Waals surface area contributed by atoms with Crippen molar-refractivity contribution in [2.45, 2.75) is 69.9 Å². The summed E-state index contributed by atoms with van der Waals surface area (Å²) < 4.78 is 37.4. The highest BCUT2D eigenvalue weighted by atomic mass is 32.7. The second kappa shape index (κ2) is 12.5. The number of aliphatic hydroxyl groups is 2. The van der Waals surface area contributed by atoms with Gasteiger partial charge >= 0.3 is 18.7 Å². The number of anilines is 1. The number of likely N-dealkylation sites (N-methyl/N-ethyl adjacent to an activating group) is 1. The average molecular weight is 647 g/mol. The number of methoxy groups -OCH3 is 1. The van der Waals surface area contributed by atoms with Crippen LogP contribution >= 0.6 is 18.1 Å². The number of aromatic nitrogens is 4. The summed E-state index contributed by atoms with van der Waals surface area (Å²) in [5.74, 6) is -1.42. The number of aliphatic hydroxyl groups excluding tert-OH is 1. The van der Waals surface area contributed by atoms with Gasteiger partial charge in [-0.15, -0.1) is 0 Å². The minimum Gasteiger partial charge on any atom is -0.479 e. The molecule has 4 heterocycles. The van der Waals surface area contributed by atoms with Crippen molar-refractivity contribution < 1.29 is 47.9 Å². The van der Waals surface area contributed by atoms with E-state index in [9.17, 15) is 29.2 Å². The van der Waals surface area contributed by atoms with Gasteiger partial charge in [-0.3, -0.25) is 23.6 Å². The van der Waals surface area contributed by atoms with Crippen LogP contribution in [0.2, 0.25) is 0 Å². The predicted octanol–water partition coefficient (Wildman–Crippen LogP) is -0.236. The molecule has 0 radical (unpaired) electrons. The van der Waals surface area contributed by atoms with E-state index in [0.29, 0.717) is 11.4 Å². The molecular formula is C23H35N8O10PS. The fourth-order valence-corrected chi connectivity index (χ4v) is 8.29. The number of carbonyl (C=O) groups excluding carboxylic acids is 3. The van der Waals surface area contributed by atoms with Crippen molar-refractivity contribution >= 4 is 53.1 Å². The van der Waals surface area contributed by atoms with Crippen LogP contribution < -0.4 is 20.9 Å². The van der Waals surface area contributed by atoms with Crippen molar-refractivity contribution in [3.8, 4) is 5.88 Å². The van der Waals surface area contributed by atoms with Gasteiger partial charge in [-0.2, -0.15) is 9.97 Å². The number of amides is 3. The van der Waals surface area contributed by atoms with Gasteiger partial charge in [0.05, 0.1) is 26.1 Å². The number of rotatable bonds is 12. The van der Waals surface area contributed by atoms with Gasteiger partial charge in [-0.05, 0) is 27.7 Å². The molecule has 2 saturated heterocycles. The minimum absolute atomic E-state index is 0.0941. The van der Waals surface area contributed by atoms with Gasteiger partial charge in [0.15, 0.2) is 17.4 Å². The molecule has 20 heteroatoms. The molecule has 7 atom stereocenters. The van der Waals surface area contributed by atoms with E-state index in [4.69, 9.17) is 24.5 Å². The van der Waals surface area contributed by atoms with Crippen LogP contribution in [-0.2, 0) is 28.2 Å². The number of nitrogen functional groups attached to an aromatic ring is 1. The van der Waals surface area contributed by atoms with Gasteiger partial charge in [0, 0.05) is 12.8 Å². The van der Waals surface area contributed by atoms with E-state index in [1.807, 2.05) is 0 Å². The Labute approximate surface area is 250 Å². The van der Waals surface area contributed by atoms with E-state index in [-0.39, 0.29) is 28.7 Å². The number of hydrogen-bond donors (Lipinski definition) is 5. The van der Waals surface area contributed by atoms with Crippen LogP contribution in [0.15, 0.2) is 6.33 Å². The molecule has 18 nitrogen and oxygen atoms in total. The summed E-state index contributed by atoms with van der Waals surface area (Å²) >= 11 is 0.677. The second-order valence-electron chi connectivity index (χ2n) is 10.4. The third-order valence-corrected chi connectivity index (χ3v) is 10.8. The molecule has 0 aromatic carbocycles. The number of urea groups is 1. The van der Waals surface area contributed by atoms with Crippen molar-refractivity contribution in [1.82, 2.24) is 34.8 Å². The Morgan fingerprint density at radius 1 is 1.35 bits per heavy atom. The largest absolute Gasteiger partial charge is 0.479 e. The zero-order valence-corrected chi connectivity index (χ0v) is 26.0. The Kier molecular flexibility index (Phi) is 9.55. The molecule has 4 rings (SSSR count). The zero-order valence-electron chi connectivity index (χ0n) is 24.3. The van der Waals surface area contributed by atoms with E-state index in [1.165, 1.54) is 38.9 Å². The van der Waals surface area contributed by atoms with Crippen molar-refractivity contribution in [2.24, 2.45) is 0 Å². The number of nitrogens with one attached hydrogen (secondary N) is 2. The molecule has 3 amide bonds. The maximum atomic E-state index is 14.0. The number of fused-ring (bicyclic) bond motifs is 1. The molecule has 0 bridgehead atoms. The van der Waals surface area contributed by atoms with Crippen LogP contribution in [0.3, 0.4) is 0 Å². The number of esters is 1. The first-order chi connectivity index (χ1) is 20.1. The molecule has 0 aliphatic carbocycles. The second-order valence-corrected chi connectivity index (χ2v) is 14.8. The number of imidazole rings is 1. The maximum absolute atomic E-state index is 14.0. The van der Waals surface area contributed by atoms with Crippen LogP contribution in [-0.4, -0.2) is 115 Å². The number of ether oxygens (including phenoxy) is 3. The van der Waals surface area contributed by atoms with Crippen molar-refractivity contribution in [1.29, 1.82) is 0 Å². The normalized spacial score (nSPS) is 27.9. The van der Waals surface area contributed by atoms with Gasteiger partial charge in [-0.25, -0.2) is 14.9 Å². The summed E-state index contributed by atoms with van der Waals surface area (Å²) in [6.07, 6.45) is -3.16. The van der Waals surface area contributed by atoms with Crippen molar-refractivity contribution in [3.05, 3.63) is 6.33 Å². The first-order valence-corrected chi connectivity index (χ1v) is 16.3. The molecule has 1 unspecified atom stereocenters. The molecule has 238 valence electrons. The third kappa shape index (κ3) is 6.72. The van der Waals surface area contributed by atoms with Crippen molar-refractivity contribution in [2.75, 3.05) is 32.3 Å². The highest BCUT2D eigenvalue weighted by Gasteiger charge is 2.54. The first kappa shape index (κ1) is 32.8. The highest BCUT2D eigenvalue weighted by molar-refractivity contribution is 8.56. The third-order valence-electron chi connectivity index (χ3n) is 6.72. The quantitative estimate of drug-likeness (QED) is 0.114.